The fraction of sp³-hybridized carbons (Fsp3) is 0.143. The summed E-state index contributed by atoms with van der Waals surface area (Å²) in [6.07, 6.45) is 2.76. The van der Waals surface area contributed by atoms with Gasteiger partial charge < -0.3 is 10.4 Å². The first-order valence-electron chi connectivity index (χ1n) is 3.10. The van der Waals surface area contributed by atoms with Crippen LogP contribution in [0.2, 0.25) is 0 Å². The van der Waals surface area contributed by atoms with Gasteiger partial charge >= 0.3 is 0 Å². The van der Waals surface area contributed by atoms with Crippen LogP contribution in [0.1, 0.15) is 6.92 Å². The Balaban J connectivity index is 2.86. The Morgan fingerprint density at radius 3 is 3.00 bits per heavy atom. The van der Waals surface area contributed by atoms with Crippen LogP contribution in [-0.4, -0.2) is 16.0 Å². The molecular formula is C7H8N2O2. The first kappa shape index (κ1) is 7.53. The zero-order chi connectivity index (χ0) is 8.27. The van der Waals surface area contributed by atoms with E-state index in [2.05, 4.69) is 10.3 Å². The molecule has 1 aromatic heterocycles. The second-order valence-electron chi connectivity index (χ2n) is 2.07. The van der Waals surface area contributed by atoms with E-state index < -0.39 is 0 Å². The van der Waals surface area contributed by atoms with Gasteiger partial charge in [0, 0.05) is 13.1 Å². The molecule has 58 valence electrons. The summed E-state index contributed by atoms with van der Waals surface area (Å²) >= 11 is 0. The summed E-state index contributed by atoms with van der Waals surface area (Å²) in [5.41, 5.74) is 0.382. The maximum Gasteiger partial charge on any atom is 0.221 e. The molecule has 1 heterocycles. The van der Waals surface area contributed by atoms with Crippen molar-refractivity contribution in [2.75, 3.05) is 5.32 Å². The van der Waals surface area contributed by atoms with E-state index in [1.807, 2.05) is 0 Å². The SMILES string of the molecule is CC(=O)Nc1ccncc1O. The number of aromatic nitrogens is 1. The van der Waals surface area contributed by atoms with Crippen molar-refractivity contribution < 1.29 is 9.90 Å². The Morgan fingerprint density at radius 1 is 1.73 bits per heavy atom. The fourth-order valence-corrected chi connectivity index (χ4v) is 0.681. The van der Waals surface area contributed by atoms with Crippen molar-refractivity contribution in [2.45, 2.75) is 6.92 Å². The first-order chi connectivity index (χ1) is 5.20. The second-order valence-corrected chi connectivity index (χ2v) is 2.07. The van der Waals surface area contributed by atoms with Crippen molar-refractivity contribution in [1.29, 1.82) is 0 Å². The van der Waals surface area contributed by atoms with Gasteiger partial charge in [-0.1, -0.05) is 0 Å². The summed E-state index contributed by atoms with van der Waals surface area (Å²) in [6, 6.07) is 1.52. The Hall–Kier alpha value is -1.58. The molecule has 11 heavy (non-hydrogen) atoms. The molecule has 0 aromatic carbocycles. The normalized spacial score (nSPS) is 9.18. The molecule has 1 aromatic rings. The lowest BCUT2D eigenvalue weighted by molar-refractivity contribution is -0.114. The monoisotopic (exact) mass is 152 g/mol. The van der Waals surface area contributed by atoms with Crippen LogP contribution in [0.5, 0.6) is 5.75 Å². The van der Waals surface area contributed by atoms with E-state index in [1.54, 1.807) is 0 Å². The topological polar surface area (TPSA) is 62.2 Å². The molecule has 0 saturated carbocycles. The average Bonchev–Trinajstić information content (AvgIpc) is 1.93. The van der Waals surface area contributed by atoms with E-state index in [9.17, 15) is 4.79 Å². The van der Waals surface area contributed by atoms with Crippen molar-refractivity contribution in [3.05, 3.63) is 18.5 Å². The van der Waals surface area contributed by atoms with Crippen LogP contribution >= 0.6 is 0 Å². The number of hydrogen-bond donors (Lipinski definition) is 2. The van der Waals surface area contributed by atoms with Gasteiger partial charge in [0.1, 0.15) is 0 Å². The van der Waals surface area contributed by atoms with Crippen LogP contribution in [0.25, 0.3) is 0 Å². The summed E-state index contributed by atoms with van der Waals surface area (Å²) in [7, 11) is 0. The third-order valence-electron chi connectivity index (χ3n) is 1.11. The molecule has 2 N–H and O–H groups in total. The maximum atomic E-state index is 10.5. The summed E-state index contributed by atoms with van der Waals surface area (Å²) < 4.78 is 0. The predicted molar refractivity (Wildman–Crippen MR) is 40.2 cm³/mol. The van der Waals surface area contributed by atoms with Crippen molar-refractivity contribution >= 4 is 11.6 Å². The third-order valence-corrected chi connectivity index (χ3v) is 1.11. The fourth-order valence-electron chi connectivity index (χ4n) is 0.681. The summed E-state index contributed by atoms with van der Waals surface area (Å²) in [4.78, 5) is 14.2. The first-order valence-corrected chi connectivity index (χ1v) is 3.10. The summed E-state index contributed by atoms with van der Waals surface area (Å²) in [5, 5.41) is 11.5. The van der Waals surface area contributed by atoms with Gasteiger partial charge in [-0.05, 0) is 6.07 Å². The number of aromatic hydroxyl groups is 1. The van der Waals surface area contributed by atoms with Gasteiger partial charge in [0.2, 0.25) is 5.91 Å². The Labute approximate surface area is 63.9 Å². The molecule has 0 radical (unpaired) electrons. The molecule has 0 spiro atoms. The number of carbonyl (C=O) groups excluding carboxylic acids is 1. The Morgan fingerprint density at radius 2 is 2.45 bits per heavy atom. The Bertz CT molecular complexity index is 273. The van der Waals surface area contributed by atoms with Gasteiger partial charge in [-0.2, -0.15) is 0 Å². The highest BCUT2D eigenvalue weighted by Gasteiger charge is 1.99. The van der Waals surface area contributed by atoms with Gasteiger partial charge in [-0.25, -0.2) is 0 Å². The molecule has 0 aliphatic carbocycles. The molecular weight excluding hydrogens is 144 g/mol. The van der Waals surface area contributed by atoms with E-state index in [0.717, 1.165) is 0 Å². The number of carbonyl (C=O) groups is 1. The van der Waals surface area contributed by atoms with Gasteiger partial charge in [0.15, 0.2) is 5.75 Å². The molecule has 1 rings (SSSR count). The highest BCUT2D eigenvalue weighted by atomic mass is 16.3. The zero-order valence-corrected chi connectivity index (χ0v) is 6.03. The van der Waals surface area contributed by atoms with Crippen molar-refractivity contribution in [3.8, 4) is 5.75 Å². The van der Waals surface area contributed by atoms with E-state index in [-0.39, 0.29) is 11.7 Å². The minimum Gasteiger partial charge on any atom is -0.504 e. The molecule has 4 nitrogen and oxygen atoms in total. The molecule has 0 aliphatic rings. The molecule has 0 aliphatic heterocycles. The number of nitrogens with zero attached hydrogens (tertiary/aromatic N) is 1. The van der Waals surface area contributed by atoms with Crippen LogP contribution in [0.3, 0.4) is 0 Å². The Kier molecular flexibility index (Phi) is 2.06. The minimum absolute atomic E-state index is 0.0253. The summed E-state index contributed by atoms with van der Waals surface area (Å²) in [6.45, 7) is 1.37. The van der Waals surface area contributed by atoms with Crippen molar-refractivity contribution in [2.24, 2.45) is 0 Å². The van der Waals surface area contributed by atoms with Crippen LogP contribution in [0.4, 0.5) is 5.69 Å². The van der Waals surface area contributed by atoms with E-state index in [4.69, 9.17) is 5.11 Å². The van der Waals surface area contributed by atoms with E-state index in [1.165, 1.54) is 25.4 Å². The molecule has 1 amide bonds. The number of anilines is 1. The number of rotatable bonds is 1. The molecule has 0 unspecified atom stereocenters. The van der Waals surface area contributed by atoms with Crippen molar-refractivity contribution in [3.63, 3.8) is 0 Å². The highest BCUT2D eigenvalue weighted by Crippen LogP contribution is 2.19. The largest absolute Gasteiger partial charge is 0.504 e. The molecule has 0 fully saturated rings. The quantitative estimate of drug-likeness (QED) is 0.624. The number of hydrogen-bond acceptors (Lipinski definition) is 3. The van der Waals surface area contributed by atoms with Crippen molar-refractivity contribution in [1.82, 2.24) is 4.98 Å². The molecule has 4 heteroatoms. The smallest absolute Gasteiger partial charge is 0.221 e. The highest BCUT2D eigenvalue weighted by molar-refractivity contribution is 5.90. The number of amides is 1. The van der Waals surface area contributed by atoms with Gasteiger partial charge in [0.25, 0.3) is 0 Å². The van der Waals surface area contributed by atoms with Gasteiger partial charge in [0.05, 0.1) is 11.9 Å². The zero-order valence-electron chi connectivity index (χ0n) is 6.03. The third kappa shape index (κ3) is 1.93. The number of nitrogens with one attached hydrogen (secondary N) is 1. The minimum atomic E-state index is -0.216. The van der Waals surface area contributed by atoms with Crippen LogP contribution in [-0.2, 0) is 4.79 Å². The van der Waals surface area contributed by atoms with Crippen LogP contribution < -0.4 is 5.32 Å². The van der Waals surface area contributed by atoms with E-state index in [0.29, 0.717) is 5.69 Å². The average molecular weight is 152 g/mol. The van der Waals surface area contributed by atoms with Gasteiger partial charge in [-0.3, -0.25) is 9.78 Å². The van der Waals surface area contributed by atoms with Gasteiger partial charge in [-0.15, -0.1) is 0 Å². The second kappa shape index (κ2) is 3.01. The lowest BCUT2D eigenvalue weighted by Gasteiger charge is -2.01. The maximum absolute atomic E-state index is 10.5. The predicted octanol–water partition coefficient (Wildman–Crippen LogP) is 0.746. The van der Waals surface area contributed by atoms with Crippen LogP contribution in [0.15, 0.2) is 18.5 Å². The number of pyridine rings is 1. The molecule has 0 bridgehead atoms. The molecule has 0 saturated heterocycles. The summed E-state index contributed by atoms with van der Waals surface area (Å²) in [5.74, 6) is -0.241. The van der Waals surface area contributed by atoms with E-state index >= 15 is 0 Å². The van der Waals surface area contributed by atoms with Crippen LogP contribution in [0, 0.1) is 0 Å². The standard InChI is InChI=1S/C7H8N2O2/c1-5(10)9-6-2-3-8-4-7(6)11/h2-4,11H,1H3,(H,8,9,10). The molecule has 0 atom stereocenters. The lowest BCUT2D eigenvalue weighted by atomic mass is 10.4. The lowest BCUT2D eigenvalue weighted by Crippen LogP contribution is -2.05.